The zero-order chi connectivity index (χ0) is 16.7. The number of anilines is 1. The van der Waals surface area contributed by atoms with Crippen LogP contribution in [0.15, 0.2) is 53.3 Å². The minimum Gasteiger partial charge on any atom is -0.399 e. The third-order valence-electron chi connectivity index (χ3n) is 3.67. The number of rotatable bonds is 2. The molecule has 0 aliphatic carbocycles. The Morgan fingerprint density at radius 1 is 0.958 bits per heavy atom. The quantitative estimate of drug-likeness (QED) is 0.569. The van der Waals surface area contributed by atoms with Gasteiger partial charge in [-0.25, -0.2) is 0 Å². The van der Waals surface area contributed by atoms with Crippen molar-refractivity contribution in [3.8, 4) is 21.8 Å². The van der Waals surface area contributed by atoms with E-state index in [0.29, 0.717) is 21.3 Å². The molecule has 0 unspecified atom stereocenters. The third kappa shape index (κ3) is 2.44. The van der Waals surface area contributed by atoms with Crippen LogP contribution in [-0.2, 0) is 0 Å². The van der Waals surface area contributed by atoms with Crippen molar-refractivity contribution in [2.75, 3.05) is 5.73 Å². The molecule has 6 nitrogen and oxygen atoms in total. The van der Waals surface area contributed by atoms with E-state index in [1.807, 2.05) is 43.3 Å². The van der Waals surface area contributed by atoms with Crippen LogP contribution in [0.25, 0.3) is 26.8 Å². The van der Waals surface area contributed by atoms with Crippen molar-refractivity contribution in [1.82, 2.24) is 19.8 Å². The number of hydrogen-bond donors (Lipinski definition) is 1. The second-order valence-electron chi connectivity index (χ2n) is 5.44. The molecule has 0 bridgehead atoms. The lowest BCUT2D eigenvalue weighted by Gasteiger charge is -1.99. The van der Waals surface area contributed by atoms with Crippen molar-refractivity contribution in [3.05, 3.63) is 64.4 Å². The first-order valence-electron chi connectivity index (χ1n) is 7.31. The Labute approximate surface area is 141 Å². The zero-order valence-corrected chi connectivity index (χ0v) is 13.6. The number of nitrogens with zero attached hydrogens (tertiary/aromatic N) is 4. The molecule has 0 aliphatic heterocycles. The van der Waals surface area contributed by atoms with E-state index in [1.165, 1.54) is 15.9 Å². The Morgan fingerprint density at radius 3 is 2.33 bits per heavy atom. The van der Waals surface area contributed by atoms with Gasteiger partial charge in [-0.15, -0.1) is 10.2 Å². The van der Waals surface area contributed by atoms with Gasteiger partial charge < -0.3 is 5.73 Å². The summed E-state index contributed by atoms with van der Waals surface area (Å²) in [5.41, 5.74) is 9.13. The predicted molar refractivity (Wildman–Crippen MR) is 95.0 cm³/mol. The predicted octanol–water partition coefficient (Wildman–Crippen LogP) is 2.77. The molecule has 4 aromatic rings. The molecule has 0 radical (unpaired) electrons. The maximum absolute atomic E-state index is 12.7. The normalized spacial score (nSPS) is 11.0. The summed E-state index contributed by atoms with van der Waals surface area (Å²) < 4.78 is 1.30. The maximum atomic E-state index is 12.7. The van der Waals surface area contributed by atoms with Gasteiger partial charge in [-0.1, -0.05) is 41.2 Å². The Bertz CT molecular complexity index is 1080. The second-order valence-corrected chi connectivity index (χ2v) is 6.40. The van der Waals surface area contributed by atoms with Gasteiger partial charge in [0.15, 0.2) is 5.69 Å². The van der Waals surface area contributed by atoms with E-state index >= 15 is 0 Å². The van der Waals surface area contributed by atoms with Crippen LogP contribution in [0.2, 0.25) is 0 Å². The standard InChI is InChI=1S/C17H13N5OS/c1-10-2-4-11(5-3-10)14-16(23)22-17(20-19-14)24-15(21-22)12-6-8-13(18)9-7-12/h2-9H,18H2,1H3. The molecule has 4 rings (SSSR count). The number of aromatic nitrogens is 4. The number of nitrogen functional groups attached to an aromatic ring is 1. The lowest BCUT2D eigenvalue weighted by Crippen LogP contribution is -2.19. The molecule has 0 fully saturated rings. The fourth-order valence-electron chi connectivity index (χ4n) is 2.35. The van der Waals surface area contributed by atoms with Crippen LogP contribution in [-0.4, -0.2) is 19.8 Å². The molecule has 0 spiro atoms. The van der Waals surface area contributed by atoms with Gasteiger partial charge in [0.25, 0.3) is 0 Å². The summed E-state index contributed by atoms with van der Waals surface area (Å²) in [5.74, 6) is 0. The van der Waals surface area contributed by atoms with Crippen LogP contribution in [0.4, 0.5) is 5.69 Å². The highest BCUT2D eigenvalue weighted by molar-refractivity contribution is 7.19. The van der Waals surface area contributed by atoms with E-state index in [1.54, 1.807) is 12.1 Å². The monoisotopic (exact) mass is 335 g/mol. The summed E-state index contributed by atoms with van der Waals surface area (Å²) in [6, 6.07) is 14.9. The molecule has 0 amide bonds. The fraction of sp³-hybridized carbons (Fsp3) is 0.0588. The lowest BCUT2D eigenvalue weighted by atomic mass is 10.1. The van der Waals surface area contributed by atoms with Gasteiger partial charge in [-0.2, -0.15) is 9.61 Å². The fourth-order valence-corrected chi connectivity index (χ4v) is 3.19. The van der Waals surface area contributed by atoms with Crippen LogP contribution >= 0.6 is 11.3 Å². The van der Waals surface area contributed by atoms with Crippen molar-refractivity contribution < 1.29 is 0 Å². The summed E-state index contributed by atoms with van der Waals surface area (Å²) in [6.45, 7) is 1.99. The number of hydrogen-bond acceptors (Lipinski definition) is 6. The van der Waals surface area contributed by atoms with Crippen LogP contribution in [0.5, 0.6) is 0 Å². The topological polar surface area (TPSA) is 86.2 Å². The van der Waals surface area contributed by atoms with E-state index in [-0.39, 0.29) is 5.56 Å². The largest absolute Gasteiger partial charge is 0.399 e. The minimum absolute atomic E-state index is 0.276. The Balaban J connectivity index is 1.86. The Hall–Kier alpha value is -3.06. The molecule has 0 saturated heterocycles. The number of fused-ring (bicyclic) bond motifs is 1. The van der Waals surface area contributed by atoms with E-state index in [0.717, 1.165) is 16.7 Å². The molecular weight excluding hydrogens is 322 g/mol. The van der Waals surface area contributed by atoms with Gasteiger partial charge >= 0.3 is 5.56 Å². The van der Waals surface area contributed by atoms with Crippen molar-refractivity contribution in [3.63, 3.8) is 0 Å². The van der Waals surface area contributed by atoms with Gasteiger partial charge in [-0.3, -0.25) is 4.79 Å². The SMILES string of the molecule is Cc1ccc(-c2nnc3sc(-c4ccc(N)cc4)nn3c2=O)cc1. The first-order chi connectivity index (χ1) is 11.6. The van der Waals surface area contributed by atoms with Crippen molar-refractivity contribution in [1.29, 1.82) is 0 Å². The number of aryl methyl sites for hydroxylation is 1. The highest BCUT2D eigenvalue weighted by atomic mass is 32.1. The molecule has 0 saturated carbocycles. The molecular formula is C17H13N5OS. The molecule has 7 heteroatoms. The first kappa shape index (κ1) is 14.5. The van der Waals surface area contributed by atoms with Gasteiger partial charge in [0.1, 0.15) is 5.01 Å². The summed E-state index contributed by atoms with van der Waals surface area (Å²) in [5, 5.41) is 13.3. The molecule has 2 heterocycles. The average Bonchev–Trinajstić information content (AvgIpc) is 3.02. The molecule has 118 valence electrons. The van der Waals surface area contributed by atoms with Crippen LogP contribution in [0.3, 0.4) is 0 Å². The van der Waals surface area contributed by atoms with Gasteiger partial charge in [0, 0.05) is 16.8 Å². The summed E-state index contributed by atoms with van der Waals surface area (Å²) in [4.78, 5) is 13.2. The smallest absolute Gasteiger partial charge is 0.302 e. The molecule has 2 aromatic heterocycles. The van der Waals surface area contributed by atoms with Crippen LogP contribution in [0.1, 0.15) is 5.56 Å². The van der Waals surface area contributed by atoms with Crippen molar-refractivity contribution in [2.45, 2.75) is 6.92 Å². The zero-order valence-electron chi connectivity index (χ0n) is 12.8. The van der Waals surface area contributed by atoms with Gasteiger partial charge in [0.05, 0.1) is 0 Å². The van der Waals surface area contributed by atoms with E-state index in [2.05, 4.69) is 15.3 Å². The number of benzene rings is 2. The molecule has 0 atom stereocenters. The lowest BCUT2D eigenvalue weighted by molar-refractivity contribution is 0.862. The Kier molecular flexibility index (Phi) is 3.35. The summed E-state index contributed by atoms with van der Waals surface area (Å²) in [7, 11) is 0. The molecule has 2 N–H and O–H groups in total. The van der Waals surface area contributed by atoms with Crippen LogP contribution < -0.4 is 11.3 Å². The third-order valence-corrected chi connectivity index (χ3v) is 4.62. The number of nitrogens with two attached hydrogens (primary N) is 1. The van der Waals surface area contributed by atoms with Crippen LogP contribution in [0, 0.1) is 6.92 Å². The highest BCUT2D eigenvalue weighted by Crippen LogP contribution is 2.25. The van der Waals surface area contributed by atoms with Crippen molar-refractivity contribution in [2.24, 2.45) is 0 Å². The van der Waals surface area contributed by atoms with E-state index in [9.17, 15) is 4.79 Å². The molecule has 24 heavy (non-hydrogen) atoms. The summed E-state index contributed by atoms with van der Waals surface area (Å²) >= 11 is 1.31. The average molecular weight is 335 g/mol. The van der Waals surface area contributed by atoms with Gasteiger partial charge in [-0.05, 0) is 31.2 Å². The van der Waals surface area contributed by atoms with Gasteiger partial charge in [0.2, 0.25) is 4.96 Å². The van der Waals surface area contributed by atoms with Crippen molar-refractivity contribution >= 4 is 22.0 Å². The molecule has 2 aromatic carbocycles. The highest BCUT2D eigenvalue weighted by Gasteiger charge is 2.14. The maximum Gasteiger partial charge on any atom is 0.302 e. The second kappa shape index (κ2) is 5.54. The van der Waals surface area contributed by atoms with E-state index in [4.69, 9.17) is 5.73 Å². The van der Waals surface area contributed by atoms with E-state index < -0.39 is 0 Å². The first-order valence-corrected chi connectivity index (χ1v) is 8.13. The Morgan fingerprint density at radius 2 is 1.62 bits per heavy atom. The molecule has 0 aliphatic rings. The minimum atomic E-state index is -0.276. The summed E-state index contributed by atoms with van der Waals surface area (Å²) in [6.07, 6.45) is 0.